The number of hydrogen-bond donors (Lipinski definition) is 1. The second-order valence-electron chi connectivity index (χ2n) is 5.12. The number of halogens is 1. The van der Waals surface area contributed by atoms with Crippen molar-refractivity contribution in [3.05, 3.63) is 30.2 Å². The third-order valence-corrected chi connectivity index (χ3v) is 3.99. The third-order valence-electron chi connectivity index (χ3n) is 3.99. The third kappa shape index (κ3) is 2.18. The Balaban J connectivity index is 2.03. The zero-order valence-electron chi connectivity index (χ0n) is 11.6. The van der Waals surface area contributed by atoms with E-state index in [1.807, 2.05) is 12.1 Å². The molecule has 0 unspecified atom stereocenters. The highest BCUT2D eigenvalue weighted by atomic mass is 19.1. The van der Waals surface area contributed by atoms with Gasteiger partial charge in [0.05, 0.1) is 11.2 Å². The van der Waals surface area contributed by atoms with Crippen LogP contribution in [0.25, 0.3) is 10.9 Å². The summed E-state index contributed by atoms with van der Waals surface area (Å²) < 4.78 is 14.4. The summed E-state index contributed by atoms with van der Waals surface area (Å²) in [5, 5.41) is 0.821. The van der Waals surface area contributed by atoms with E-state index in [1.54, 1.807) is 6.20 Å². The van der Waals surface area contributed by atoms with Crippen molar-refractivity contribution in [1.82, 2.24) is 9.88 Å². The topological polar surface area (TPSA) is 45.4 Å². The number of hydrogen-bond acceptors (Lipinski definition) is 4. The van der Waals surface area contributed by atoms with Crippen molar-refractivity contribution in [2.24, 2.45) is 0 Å². The number of fused-ring (bicyclic) bond motifs is 1. The highest BCUT2D eigenvalue weighted by Crippen LogP contribution is 2.32. The molecule has 1 aromatic carbocycles. The van der Waals surface area contributed by atoms with Crippen molar-refractivity contribution < 1.29 is 4.39 Å². The molecule has 1 aromatic heterocycles. The van der Waals surface area contributed by atoms with Crippen LogP contribution >= 0.6 is 0 Å². The maximum Gasteiger partial charge on any atom is 0.150 e. The fourth-order valence-corrected chi connectivity index (χ4v) is 2.81. The molecule has 0 spiro atoms. The zero-order valence-corrected chi connectivity index (χ0v) is 11.6. The first-order valence-corrected chi connectivity index (χ1v) is 7.00. The first-order chi connectivity index (χ1) is 9.70. The molecule has 2 heterocycles. The lowest BCUT2D eigenvalue weighted by molar-refractivity contribution is 0.270. The van der Waals surface area contributed by atoms with Crippen LogP contribution in [0.4, 0.5) is 15.8 Å². The highest BCUT2D eigenvalue weighted by molar-refractivity contribution is 5.98. The summed E-state index contributed by atoms with van der Waals surface area (Å²) in [6, 6.07) is 5.13. The second kappa shape index (κ2) is 5.25. The Hall–Kier alpha value is -1.88. The number of pyridine rings is 1. The Morgan fingerprint density at radius 3 is 2.75 bits per heavy atom. The monoisotopic (exact) mass is 274 g/mol. The summed E-state index contributed by atoms with van der Waals surface area (Å²) in [5.41, 5.74) is 7.59. The molecule has 1 aliphatic heterocycles. The van der Waals surface area contributed by atoms with Gasteiger partial charge in [0, 0.05) is 43.4 Å². The Morgan fingerprint density at radius 1 is 1.30 bits per heavy atom. The van der Waals surface area contributed by atoms with Crippen LogP contribution in [0.3, 0.4) is 0 Å². The van der Waals surface area contributed by atoms with Gasteiger partial charge in [-0.1, -0.05) is 6.92 Å². The van der Waals surface area contributed by atoms with Crippen molar-refractivity contribution in [3.8, 4) is 0 Å². The van der Waals surface area contributed by atoms with Gasteiger partial charge in [-0.2, -0.15) is 0 Å². The second-order valence-corrected chi connectivity index (χ2v) is 5.12. The van der Waals surface area contributed by atoms with E-state index in [0.717, 1.165) is 38.1 Å². The van der Waals surface area contributed by atoms with E-state index in [0.29, 0.717) is 16.9 Å². The minimum Gasteiger partial charge on any atom is -0.398 e. The lowest BCUT2D eigenvalue weighted by atomic mass is 10.1. The van der Waals surface area contributed by atoms with Gasteiger partial charge < -0.3 is 15.5 Å². The maximum atomic E-state index is 14.4. The van der Waals surface area contributed by atoms with Gasteiger partial charge in [-0.15, -0.1) is 0 Å². The molecule has 0 saturated carbocycles. The molecular formula is C15H19FN4. The van der Waals surface area contributed by atoms with E-state index >= 15 is 0 Å². The number of nitrogens with two attached hydrogens (primary N) is 1. The molecule has 20 heavy (non-hydrogen) atoms. The molecule has 2 N–H and O–H groups in total. The van der Waals surface area contributed by atoms with Crippen molar-refractivity contribution in [3.63, 3.8) is 0 Å². The molecule has 0 amide bonds. The fourth-order valence-electron chi connectivity index (χ4n) is 2.81. The van der Waals surface area contributed by atoms with Gasteiger partial charge in [-0.05, 0) is 24.7 Å². The number of rotatable bonds is 2. The number of piperazine rings is 1. The number of nitrogens with zero attached hydrogens (tertiary/aromatic N) is 3. The number of aromatic nitrogens is 1. The number of anilines is 2. The van der Waals surface area contributed by atoms with Crippen LogP contribution in [0, 0.1) is 5.82 Å². The average molecular weight is 274 g/mol. The molecule has 1 saturated heterocycles. The first-order valence-electron chi connectivity index (χ1n) is 7.00. The minimum atomic E-state index is -0.279. The van der Waals surface area contributed by atoms with Gasteiger partial charge in [0.15, 0.2) is 5.82 Å². The summed E-state index contributed by atoms with van der Waals surface area (Å²) in [4.78, 5) is 8.78. The minimum absolute atomic E-state index is 0.279. The van der Waals surface area contributed by atoms with Gasteiger partial charge in [0.1, 0.15) is 0 Å². The largest absolute Gasteiger partial charge is 0.398 e. The predicted octanol–water partition coefficient (Wildman–Crippen LogP) is 2.10. The van der Waals surface area contributed by atoms with E-state index in [1.165, 1.54) is 6.07 Å². The molecule has 1 fully saturated rings. The maximum absolute atomic E-state index is 14.4. The van der Waals surface area contributed by atoms with Gasteiger partial charge in [0.2, 0.25) is 0 Å². The van der Waals surface area contributed by atoms with Crippen LogP contribution in [-0.4, -0.2) is 42.6 Å². The first kappa shape index (κ1) is 13.1. The Bertz CT molecular complexity index is 621. The number of benzene rings is 1. The molecular weight excluding hydrogens is 255 g/mol. The summed E-state index contributed by atoms with van der Waals surface area (Å²) in [5.74, 6) is -0.279. The molecule has 1 aliphatic rings. The molecule has 0 atom stereocenters. The Kier molecular flexibility index (Phi) is 3.44. The molecule has 106 valence electrons. The smallest absolute Gasteiger partial charge is 0.150 e. The van der Waals surface area contributed by atoms with Crippen LogP contribution < -0.4 is 10.6 Å². The van der Waals surface area contributed by atoms with Crippen molar-refractivity contribution in [2.75, 3.05) is 43.4 Å². The van der Waals surface area contributed by atoms with Gasteiger partial charge in [-0.3, -0.25) is 4.98 Å². The number of likely N-dealkylation sites (N-methyl/N-ethyl adjacent to an activating group) is 1. The Labute approximate surface area is 118 Å². The summed E-state index contributed by atoms with van der Waals surface area (Å²) in [6.07, 6.45) is 1.69. The fraction of sp³-hybridized carbons (Fsp3) is 0.400. The van der Waals surface area contributed by atoms with Gasteiger partial charge in [-0.25, -0.2) is 4.39 Å². The lowest BCUT2D eigenvalue weighted by Gasteiger charge is -2.36. The van der Waals surface area contributed by atoms with E-state index in [-0.39, 0.29) is 5.82 Å². The van der Waals surface area contributed by atoms with Crippen LogP contribution in [0.2, 0.25) is 0 Å². The highest BCUT2D eigenvalue weighted by Gasteiger charge is 2.22. The standard InChI is InChI=1S/C15H19FN4/c1-2-19-6-8-20(9-7-19)15-12(16)10-13(17)11-4-3-5-18-14(11)15/h3-5,10H,2,6-9,17H2,1H3. The van der Waals surface area contributed by atoms with Gasteiger partial charge >= 0.3 is 0 Å². The molecule has 5 heteroatoms. The predicted molar refractivity (Wildman–Crippen MR) is 80.4 cm³/mol. The molecule has 0 aliphatic carbocycles. The van der Waals surface area contributed by atoms with E-state index in [4.69, 9.17) is 5.73 Å². The molecule has 4 nitrogen and oxygen atoms in total. The van der Waals surface area contributed by atoms with Crippen LogP contribution in [-0.2, 0) is 0 Å². The summed E-state index contributed by atoms with van der Waals surface area (Å²) in [6.45, 7) is 6.73. The molecule has 3 rings (SSSR count). The van der Waals surface area contributed by atoms with Crippen LogP contribution in [0.1, 0.15) is 6.92 Å². The van der Waals surface area contributed by atoms with Crippen molar-refractivity contribution >= 4 is 22.3 Å². The molecule has 0 radical (unpaired) electrons. The van der Waals surface area contributed by atoms with E-state index in [9.17, 15) is 4.39 Å². The normalized spacial score (nSPS) is 16.8. The van der Waals surface area contributed by atoms with Crippen molar-refractivity contribution in [2.45, 2.75) is 6.92 Å². The quantitative estimate of drug-likeness (QED) is 0.852. The van der Waals surface area contributed by atoms with E-state index < -0.39 is 0 Å². The molecule has 2 aromatic rings. The number of nitrogen functional groups attached to an aromatic ring is 1. The Morgan fingerprint density at radius 2 is 2.05 bits per heavy atom. The average Bonchev–Trinajstić information content (AvgIpc) is 2.48. The van der Waals surface area contributed by atoms with Crippen molar-refractivity contribution in [1.29, 1.82) is 0 Å². The van der Waals surface area contributed by atoms with Crippen LogP contribution in [0.15, 0.2) is 24.4 Å². The van der Waals surface area contributed by atoms with Gasteiger partial charge in [0.25, 0.3) is 0 Å². The summed E-state index contributed by atoms with van der Waals surface area (Å²) in [7, 11) is 0. The SMILES string of the molecule is CCN1CCN(c2c(F)cc(N)c3cccnc23)CC1. The zero-order chi connectivity index (χ0) is 14.1. The lowest BCUT2D eigenvalue weighted by Crippen LogP contribution is -2.46. The van der Waals surface area contributed by atoms with E-state index in [2.05, 4.69) is 21.7 Å². The molecule has 0 bridgehead atoms. The summed E-state index contributed by atoms with van der Waals surface area (Å²) >= 11 is 0. The van der Waals surface area contributed by atoms with Crippen LogP contribution in [0.5, 0.6) is 0 Å².